The monoisotopic (exact) mass is 313 g/mol. The van der Waals surface area contributed by atoms with Crippen LogP contribution in [0.3, 0.4) is 0 Å². The number of benzene rings is 1. The number of hydrogen-bond acceptors (Lipinski definition) is 3. The van der Waals surface area contributed by atoms with E-state index < -0.39 is 5.97 Å². The Bertz CT molecular complexity index is 856. The maximum atomic E-state index is 13.0. The first-order valence-corrected chi connectivity index (χ1v) is 7.31. The molecule has 5 nitrogen and oxygen atoms in total. The van der Waals surface area contributed by atoms with Crippen molar-refractivity contribution in [3.63, 3.8) is 0 Å². The van der Waals surface area contributed by atoms with Crippen LogP contribution in [0.1, 0.15) is 23.4 Å². The smallest absolute Gasteiger partial charge is 0.305 e. The van der Waals surface area contributed by atoms with Gasteiger partial charge in [0.05, 0.1) is 6.42 Å². The summed E-state index contributed by atoms with van der Waals surface area (Å²) in [6, 6.07) is 8.14. The maximum Gasteiger partial charge on any atom is 0.305 e. The van der Waals surface area contributed by atoms with E-state index >= 15 is 0 Å². The van der Waals surface area contributed by atoms with Gasteiger partial charge in [-0.2, -0.15) is 0 Å². The number of carboxylic acids is 1. The fourth-order valence-electron chi connectivity index (χ4n) is 2.52. The number of nitrogens with zero attached hydrogens (tertiary/aromatic N) is 3. The van der Waals surface area contributed by atoms with Crippen LogP contribution in [0.5, 0.6) is 0 Å². The minimum atomic E-state index is -0.869. The topological polar surface area (TPSA) is 68.0 Å². The minimum absolute atomic E-state index is 0.00255. The van der Waals surface area contributed by atoms with Gasteiger partial charge in [-0.05, 0) is 36.2 Å². The Morgan fingerprint density at radius 2 is 2.04 bits per heavy atom. The van der Waals surface area contributed by atoms with Crippen molar-refractivity contribution in [2.45, 2.75) is 26.3 Å². The molecule has 2 heterocycles. The summed E-state index contributed by atoms with van der Waals surface area (Å²) in [6.45, 7) is 2.24. The summed E-state index contributed by atoms with van der Waals surface area (Å²) >= 11 is 0. The van der Waals surface area contributed by atoms with Gasteiger partial charge in [0, 0.05) is 19.2 Å². The lowest BCUT2D eigenvalue weighted by Gasteiger charge is -2.07. The molecule has 1 N–H and O–H groups in total. The molecule has 3 rings (SSSR count). The molecule has 23 heavy (non-hydrogen) atoms. The average molecular weight is 313 g/mol. The Kier molecular flexibility index (Phi) is 4.06. The number of aromatic nitrogens is 3. The van der Waals surface area contributed by atoms with Gasteiger partial charge in [0.1, 0.15) is 17.2 Å². The number of rotatable bonds is 5. The van der Waals surface area contributed by atoms with Crippen LogP contribution >= 0.6 is 0 Å². The van der Waals surface area contributed by atoms with Gasteiger partial charge < -0.3 is 9.67 Å². The van der Waals surface area contributed by atoms with Crippen LogP contribution in [0.4, 0.5) is 4.39 Å². The first kappa shape index (κ1) is 15.1. The van der Waals surface area contributed by atoms with Gasteiger partial charge in [0.2, 0.25) is 0 Å². The highest BCUT2D eigenvalue weighted by Crippen LogP contribution is 2.19. The molecule has 1 aromatic carbocycles. The third kappa shape index (κ3) is 3.36. The zero-order valence-corrected chi connectivity index (χ0v) is 12.7. The normalized spacial score (nSPS) is 11.0. The van der Waals surface area contributed by atoms with E-state index in [9.17, 15) is 9.18 Å². The SMILES string of the molecule is Cc1cnc2c(c1)nc(Cc1ccc(F)cc1)n2CCC(=O)O. The van der Waals surface area contributed by atoms with Gasteiger partial charge in [0.15, 0.2) is 5.65 Å². The molecule has 3 aromatic rings. The molecule has 0 aliphatic carbocycles. The first-order chi connectivity index (χ1) is 11.0. The molecule has 0 unspecified atom stereocenters. The number of hydrogen-bond donors (Lipinski definition) is 1. The number of carboxylic acid groups (broad SMARTS) is 1. The molecule has 0 bridgehead atoms. The highest BCUT2D eigenvalue weighted by Gasteiger charge is 2.13. The molecule has 6 heteroatoms. The molecular formula is C17H16FN3O2. The number of fused-ring (bicyclic) bond motifs is 1. The Morgan fingerprint density at radius 3 is 2.74 bits per heavy atom. The molecule has 0 amide bonds. The summed E-state index contributed by atoms with van der Waals surface area (Å²) in [4.78, 5) is 19.9. The lowest BCUT2D eigenvalue weighted by Crippen LogP contribution is -2.09. The maximum absolute atomic E-state index is 13.0. The van der Waals surface area contributed by atoms with Crippen LogP contribution in [0.25, 0.3) is 11.2 Å². The van der Waals surface area contributed by atoms with Crippen LogP contribution in [0.2, 0.25) is 0 Å². The highest BCUT2D eigenvalue weighted by atomic mass is 19.1. The molecule has 2 aromatic heterocycles. The Balaban J connectivity index is 2.01. The van der Waals surface area contributed by atoms with Gasteiger partial charge >= 0.3 is 5.97 Å². The molecule has 0 aliphatic heterocycles. The summed E-state index contributed by atoms with van der Waals surface area (Å²) in [5.41, 5.74) is 3.32. The van der Waals surface area contributed by atoms with Gasteiger partial charge in [-0.3, -0.25) is 4.79 Å². The number of aryl methyl sites for hydroxylation is 2. The second-order valence-electron chi connectivity index (χ2n) is 5.48. The molecule has 118 valence electrons. The summed E-state index contributed by atoms with van der Waals surface area (Å²) in [6.07, 6.45) is 2.23. The molecule has 0 atom stereocenters. The van der Waals surface area contributed by atoms with E-state index in [0.29, 0.717) is 18.6 Å². The number of imidazole rings is 1. The quantitative estimate of drug-likeness (QED) is 0.786. The third-order valence-electron chi connectivity index (χ3n) is 3.63. The summed E-state index contributed by atoms with van der Waals surface area (Å²) in [5.74, 6) is -0.428. The number of pyridine rings is 1. The number of aliphatic carboxylic acids is 1. The van der Waals surface area contributed by atoms with E-state index in [4.69, 9.17) is 5.11 Å². The fraction of sp³-hybridized carbons (Fsp3) is 0.235. The van der Waals surface area contributed by atoms with Crippen molar-refractivity contribution in [2.24, 2.45) is 0 Å². The van der Waals surface area contributed by atoms with Crippen LogP contribution in [0.15, 0.2) is 36.5 Å². The molecular weight excluding hydrogens is 297 g/mol. The number of halogens is 1. The van der Waals surface area contributed by atoms with Crippen molar-refractivity contribution in [1.82, 2.24) is 14.5 Å². The Labute approximate surface area is 132 Å². The fourth-order valence-corrected chi connectivity index (χ4v) is 2.52. The van der Waals surface area contributed by atoms with Crippen molar-refractivity contribution >= 4 is 17.1 Å². The van der Waals surface area contributed by atoms with E-state index in [1.54, 1.807) is 18.3 Å². The summed E-state index contributed by atoms with van der Waals surface area (Å²) in [7, 11) is 0. The predicted molar refractivity (Wildman–Crippen MR) is 83.7 cm³/mol. The van der Waals surface area contributed by atoms with Gasteiger partial charge in [0.25, 0.3) is 0 Å². The van der Waals surface area contributed by atoms with Crippen LogP contribution in [-0.4, -0.2) is 25.6 Å². The van der Waals surface area contributed by atoms with Crippen molar-refractivity contribution in [3.05, 3.63) is 59.3 Å². The molecule has 0 spiro atoms. The zero-order valence-electron chi connectivity index (χ0n) is 12.7. The van der Waals surface area contributed by atoms with Gasteiger partial charge in [-0.1, -0.05) is 12.1 Å². The van der Waals surface area contributed by atoms with Crippen molar-refractivity contribution < 1.29 is 14.3 Å². The summed E-state index contributed by atoms with van der Waals surface area (Å²) < 4.78 is 14.9. The van der Waals surface area contributed by atoms with E-state index in [1.165, 1.54) is 12.1 Å². The second-order valence-corrected chi connectivity index (χ2v) is 5.48. The van der Waals surface area contributed by atoms with Crippen LogP contribution in [-0.2, 0) is 17.8 Å². The van der Waals surface area contributed by atoms with Gasteiger partial charge in [-0.15, -0.1) is 0 Å². The highest BCUT2D eigenvalue weighted by molar-refractivity contribution is 5.73. The van der Waals surface area contributed by atoms with Gasteiger partial charge in [-0.25, -0.2) is 14.4 Å². The van der Waals surface area contributed by atoms with E-state index in [-0.39, 0.29) is 12.2 Å². The molecule has 0 saturated carbocycles. The largest absolute Gasteiger partial charge is 0.481 e. The first-order valence-electron chi connectivity index (χ1n) is 7.31. The molecule has 0 saturated heterocycles. The average Bonchev–Trinajstić information content (AvgIpc) is 2.83. The van der Waals surface area contributed by atoms with Crippen LogP contribution < -0.4 is 0 Å². The number of carbonyl (C=O) groups is 1. The molecule has 0 aliphatic rings. The van der Waals surface area contributed by atoms with Crippen LogP contribution in [0, 0.1) is 12.7 Å². The van der Waals surface area contributed by atoms with Crippen molar-refractivity contribution in [3.8, 4) is 0 Å². The minimum Gasteiger partial charge on any atom is -0.481 e. The molecule has 0 fully saturated rings. The van der Waals surface area contributed by atoms with E-state index in [2.05, 4.69) is 9.97 Å². The lowest BCUT2D eigenvalue weighted by atomic mass is 10.1. The van der Waals surface area contributed by atoms with Crippen molar-refractivity contribution in [1.29, 1.82) is 0 Å². The van der Waals surface area contributed by atoms with E-state index in [0.717, 1.165) is 22.5 Å². The second kappa shape index (κ2) is 6.16. The predicted octanol–water partition coefficient (Wildman–Crippen LogP) is 2.94. The lowest BCUT2D eigenvalue weighted by molar-refractivity contribution is -0.137. The third-order valence-corrected chi connectivity index (χ3v) is 3.63. The standard InChI is InChI=1S/C17H16FN3O2/c1-11-8-14-17(19-10-11)21(7-6-16(22)23)15(20-14)9-12-2-4-13(18)5-3-12/h2-5,8,10H,6-7,9H2,1H3,(H,22,23). The van der Waals surface area contributed by atoms with Crippen molar-refractivity contribution in [2.75, 3.05) is 0 Å². The summed E-state index contributed by atoms with van der Waals surface area (Å²) in [5, 5.41) is 8.94. The Hall–Kier alpha value is -2.76. The molecule has 0 radical (unpaired) electrons. The van der Waals surface area contributed by atoms with E-state index in [1.807, 2.05) is 17.6 Å². The zero-order chi connectivity index (χ0) is 16.4. The Morgan fingerprint density at radius 1 is 1.30 bits per heavy atom.